The minimum atomic E-state index is -0.00643. The van der Waals surface area contributed by atoms with E-state index in [9.17, 15) is 4.79 Å². The quantitative estimate of drug-likeness (QED) is 0.581. The largest absolute Gasteiger partial charge is 0.486 e. The molecule has 1 spiro atoms. The second-order valence-electron chi connectivity index (χ2n) is 8.81. The van der Waals surface area contributed by atoms with Crippen molar-refractivity contribution in [3.63, 3.8) is 0 Å². The van der Waals surface area contributed by atoms with E-state index in [1.807, 2.05) is 27.0 Å². The van der Waals surface area contributed by atoms with Gasteiger partial charge in [0.15, 0.2) is 22.1 Å². The molecule has 0 unspecified atom stereocenters. The molecule has 1 aliphatic carbocycles. The van der Waals surface area contributed by atoms with Crippen molar-refractivity contribution in [1.29, 1.82) is 0 Å². The second-order valence-corrected chi connectivity index (χ2v) is 10.1. The second kappa shape index (κ2) is 7.74. The van der Waals surface area contributed by atoms with E-state index in [0.717, 1.165) is 35.8 Å². The van der Waals surface area contributed by atoms with Gasteiger partial charge in [0.2, 0.25) is 5.91 Å². The maximum atomic E-state index is 13.5. The van der Waals surface area contributed by atoms with Crippen LogP contribution >= 0.6 is 23.6 Å². The number of rotatable bonds is 3. The Hall–Kier alpha value is -2.65. The molecule has 0 atom stereocenters. The molecule has 0 saturated heterocycles. The third kappa shape index (κ3) is 3.26. The molecule has 0 bridgehead atoms. The average molecular weight is 469 g/mol. The van der Waals surface area contributed by atoms with Crippen molar-refractivity contribution in [2.45, 2.75) is 44.2 Å². The van der Waals surface area contributed by atoms with Crippen LogP contribution in [-0.4, -0.2) is 45.3 Å². The molecule has 32 heavy (non-hydrogen) atoms. The lowest BCUT2D eigenvalue weighted by atomic mass is 9.73. The summed E-state index contributed by atoms with van der Waals surface area (Å²) < 4.78 is 14.0. The number of aromatic nitrogens is 3. The number of hydrogen-bond acceptors (Lipinski definition) is 6. The van der Waals surface area contributed by atoms with Gasteiger partial charge in [-0.05, 0) is 59.8 Å². The Kier molecular flexibility index (Phi) is 4.83. The first-order valence-corrected chi connectivity index (χ1v) is 12.3. The molecule has 1 N–H and O–H groups in total. The molecule has 6 rings (SSSR count). The van der Waals surface area contributed by atoms with Crippen molar-refractivity contribution < 1.29 is 14.3 Å². The fourth-order valence-electron chi connectivity index (χ4n) is 5.42. The average Bonchev–Trinajstić information content (AvgIpc) is 3.56. The lowest BCUT2D eigenvalue weighted by molar-refractivity contribution is -0.134. The molecule has 1 saturated carbocycles. The van der Waals surface area contributed by atoms with Gasteiger partial charge >= 0.3 is 0 Å². The zero-order valence-electron chi connectivity index (χ0n) is 17.6. The van der Waals surface area contributed by atoms with Crippen LogP contribution in [-0.2, 0) is 23.3 Å². The van der Waals surface area contributed by atoms with E-state index in [1.54, 1.807) is 11.3 Å². The van der Waals surface area contributed by atoms with Crippen molar-refractivity contribution >= 4 is 29.5 Å². The van der Waals surface area contributed by atoms with E-state index in [0.29, 0.717) is 30.4 Å². The van der Waals surface area contributed by atoms with Gasteiger partial charge in [-0.15, -0.1) is 11.3 Å². The molecule has 4 heterocycles. The Morgan fingerprint density at radius 3 is 2.75 bits per heavy atom. The number of carbonyl (C=O) groups excluding carboxylic acids is 1. The van der Waals surface area contributed by atoms with Crippen LogP contribution < -0.4 is 9.47 Å². The first-order valence-electron chi connectivity index (χ1n) is 11.0. The van der Waals surface area contributed by atoms with Crippen LogP contribution in [0.25, 0.3) is 10.7 Å². The fraction of sp³-hybridized carbons (Fsp3) is 0.435. The van der Waals surface area contributed by atoms with Crippen LogP contribution in [0.15, 0.2) is 29.6 Å². The van der Waals surface area contributed by atoms with E-state index in [-0.39, 0.29) is 17.9 Å². The van der Waals surface area contributed by atoms with Crippen LogP contribution in [0.3, 0.4) is 0 Å². The minimum Gasteiger partial charge on any atom is -0.486 e. The number of benzene rings is 1. The smallest absolute Gasteiger partial charge is 0.243 e. The van der Waals surface area contributed by atoms with Gasteiger partial charge in [0.05, 0.1) is 4.88 Å². The summed E-state index contributed by atoms with van der Waals surface area (Å²) in [7, 11) is 0. The van der Waals surface area contributed by atoms with Crippen LogP contribution in [0.5, 0.6) is 11.5 Å². The predicted octanol–water partition coefficient (Wildman–Crippen LogP) is 4.29. The van der Waals surface area contributed by atoms with Gasteiger partial charge in [-0.3, -0.25) is 14.5 Å². The SMILES string of the molecule is O=C(Cn1c(-c2cccs2)n[nH]c1=S)N1Cc2cc3c(cc2C2(CCCC2)C1)OCCO3. The van der Waals surface area contributed by atoms with E-state index in [2.05, 4.69) is 22.3 Å². The summed E-state index contributed by atoms with van der Waals surface area (Å²) in [6.45, 7) is 2.63. The number of ether oxygens (including phenoxy) is 2. The van der Waals surface area contributed by atoms with Gasteiger partial charge in [0, 0.05) is 18.5 Å². The van der Waals surface area contributed by atoms with Crippen molar-refractivity contribution in [3.05, 3.63) is 45.5 Å². The molecule has 1 fully saturated rings. The summed E-state index contributed by atoms with van der Waals surface area (Å²) in [6, 6.07) is 8.23. The number of fused-ring (bicyclic) bond motifs is 3. The Morgan fingerprint density at radius 2 is 2.00 bits per heavy atom. The maximum Gasteiger partial charge on any atom is 0.243 e. The van der Waals surface area contributed by atoms with Gasteiger partial charge in [0.1, 0.15) is 19.8 Å². The molecule has 166 valence electrons. The number of aromatic amines is 1. The molecular formula is C23H24N4O3S2. The third-order valence-electron chi connectivity index (χ3n) is 6.90. The van der Waals surface area contributed by atoms with Crippen LogP contribution in [0.4, 0.5) is 0 Å². The third-order valence-corrected chi connectivity index (χ3v) is 8.08. The van der Waals surface area contributed by atoms with Crippen LogP contribution in [0, 0.1) is 4.77 Å². The van der Waals surface area contributed by atoms with Gasteiger partial charge in [-0.1, -0.05) is 18.9 Å². The molecule has 9 heteroatoms. The van der Waals surface area contributed by atoms with Gasteiger partial charge in [-0.25, -0.2) is 0 Å². The van der Waals surface area contributed by atoms with Crippen LogP contribution in [0.1, 0.15) is 36.8 Å². The van der Waals surface area contributed by atoms with E-state index in [4.69, 9.17) is 21.7 Å². The summed E-state index contributed by atoms with van der Waals surface area (Å²) in [5, 5.41) is 9.22. The normalized spacial score (nSPS) is 18.7. The van der Waals surface area contributed by atoms with E-state index < -0.39 is 0 Å². The number of H-pyrrole nitrogens is 1. The summed E-state index contributed by atoms with van der Waals surface area (Å²) in [5.41, 5.74) is 2.50. The van der Waals surface area contributed by atoms with Gasteiger partial charge < -0.3 is 14.4 Å². The minimum absolute atomic E-state index is 0.00643. The lowest BCUT2D eigenvalue weighted by Crippen LogP contribution is -2.47. The van der Waals surface area contributed by atoms with E-state index in [1.165, 1.54) is 24.0 Å². The fourth-order valence-corrected chi connectivity index (χ4v) is 6.34. The summed E-state index contributed by atoms with van der Waals surface area (Å²) in [4.78, 5) is 16.5. The first kappa shape index (κ1) is 20.0. The Morgan fingerprint density at radius 1 is 1.22 bits per heavy atom. The van der Waals surface area contributed by atoms with Crippen LogP contribution in [0.2, 0.25) is 0 Å². The van der Waals surface area contributed by atoms with Gasteiger partial charge in [0.25, 0.3) is 0 Å². The highest BCUT2D eigenvalue weighted by Crippen LogP contribution is 2.49. The highest BCUT2D eigenvalue weighted by atomic mass is 32.1. The number of amides is 1. The standard InChI is InChI=1S/C23H24N4O3S2/c28-20(13-27-21(24-25-22(27)31)19-4-3-9-32-19)26-12-15-10-17-18(30-8-7-29-17)11-16(15)23(14-26)5-1-2-6-23/h3-4,9-11H,1-2,5-8,12-14H2,(H,25,31). The topological polar surface area (TPSA) is 72.4 Å². The molecule has 3 aliphatic rings. The Bertz CT molecular complexity index is 1220. The Labute approximate surface area is 195 Å². The van der Waals surface area contributed by atoms with Crippen molar-refractivity contribution in [2.24, 2.45) is 0 Å². The maximum absolute atomic E-state index is 13.5. The van der Waals surface area contributed by atoms with Crippen molar-refractivity contribution in [2.75, 3.05) is 19.8 Å². The summed E-state index contributed by atoms with van der Waals surface area (Å²) in [5.74, 6) is 2.40. The lowest BCUT2D eigenvalue weighted by Gasteiger charge is -2.43. The highest BCUT2D eigenvalue weighted by Gasteiger charge is 2.44. The molecule has 0 radical (unpaired) electrons. The number of nitrogens with one attached hydrogen (secondary N) is 1. The number of thiophene rings is 1. The number of hydrogen-bond donors (Lipinski definition) is 1. The molecular weight excluding hydrogens is 444 g/mol. The summed E-state index contributed by atoms with van der Waals surface area (Å²) >= 11 is 7.03. The zero-order chi connectivity index (χ0) is 21.7. The predicted molar refractivity (Wildman–Crippen MR) is 124 cm³/mol. The zero-order valence-corrected chi connectivity index (χ0v) is 19.3. The molecule has 1 amide bonds. The molecule has 7 nitrogen and oxygen atoms in total. The highest BCUT2D eigenvalue weighted by molar-refractivity contribution is 7.71. The monoisotopic (exact) mass is 468 g/mol. The van der Waals surface area contributed by atoms with Gasteiger partial charge in [-0.2, -0.15) is 5.10 Å². The van der Waals surface area contributed by atoms with Crippen molar-refractivity contribution in [3.8, 4) is 22.2 Å². The first-order chi connectivity index (χ1) is 15.6. The number of nitrogens with zero attached hydrogens (tertiary/aromatic N) is 3. The molecule has 1 aromatic carbocycles. The summed E-state index contributed by atoms with van der Waals surface area (Å²) in [6.07, 6.45) is 4.56. The van der Waals surface area contributed by atoms with E-state index >= 15 is 0 Å². The number of carbonyl (C=O) groups is 1. The molecule has 2 aromatic heterocycles. The molecule has 2 aliphatic heterocycles. The Balaban J connectivity index is 1.33. The molecule has 3 aromatic rings. The van der Waals surface area contributed by atoms with Crippen molar-refractivity contribution in [1.82, 2.24) is 19.7 Å².